The Labute approximate surface area is 355 Å². The molecule has 4 fully saturated rings. The molecule has 4 saturated heterocycles. The summed E-state index contributed by atoms with van der Waals surface area (Å²) in [7, 11) is 0. The predicted molar refractivity (Wildman–Crippen MR) is 222 cm³/mol. The summed E-state index contributed by atoms with van der Waals surface area (Å²) in [4.78, 5) is 86.3. The number of halogens is 1. The van der Waals surface area contributed by atoms with Gasteiger partial charge in [-0.2, -0.15) is 0 Å². The quantitative estimate of drug-likeness (QED) is 0.218. The average molecular weight is 848 g/mol. The van der Waals surface area contributed by atoms with Crippen LogP contribution in [0, 0.1) is 5.92 Å². The van der Waals surface area contributed by atoms with Crippen LogP contribution in [-0.2, 0) is 14.4 Å². The van der Waals surface area contributed by atoms with Crippen LogP contribution in [0.4, 0.5) is 17.2 Å². The van der Waals surface area contributed by atoms with Crippen molar-refractivity contribution in [1.82, 2.24) is 30.2 Å². The van der Waals surface area contributed by atoms with E-state index in [0.29, 0.717) is 93.5 Å². The number of imide groups is 2. The topological polar surface area (TPSA) is 212 Å². The van der Waals surface area contributed by atoms with Gasteiger partial charge in [0, 0.05) is 62.9 Å². The zero-order valence-electron chi connectivity index (χ0n) is 33.0. The number of aromatic hydroxyl groups is 1. The summed E-state index contributed by atoms with van der Waals surface area (Å²) in [5.41, 5.74) is 9.43. The molecule has 5 aliphatic heterocycles. The molecule has 17 nitrogen and oxygen atoms in total. The second-order valence-corrected chi connectivity index (χ2v) is 16.3. The van der Waals surface area contributed by atoms with E-state index in [1.807, 2.05) is 15.9 Å². The Kier molecular flexibility index (Phi) is 10.4. The second kappa shape index (κ2) is 16.0. The summed E-state index contributed by atoms with van der Waals surface area (Å²) >= 11 is 6.63. The lowest BCUT2D eigenvalue weighted by atomic mass is 9.94. The van der Waals surface area contributed by atoms with Gasteiger partial charge in [-0.25, -0.2) is 0 Å². The fourth-order valence-electron chi connectivity index (χ4n) is 8.71. The molecule has 3 aromatic carbocycles. The number of nitrogens with one attached hydrogen (secondary N) is 1. The van der Waals surface area contributed by atoms with E-state index in [2.05, 4.69) is 20.4 Å². The van der Waals surface area contributed by atoms with Gasteiger partial charge in [-0.15, -0.1) is 10.2 Å². The van der Waals surface area contributed by atoms with E-state index in [-0.39, 0.29) is 64.4 Å². The molecule has 18 heteroatoms. The highest BCUT2D eigenvalue weighted by Gasteiger charge is 2.45. The molecule has 0 saturated carbocycles. The highest BCUT2D eigenvalue weighted by molar-refractivity contribution is 6.34. The van der Waals surface area contributed by atoms with Crippen LogP contribution < -0.4 is 25.6 Å². The molecule has 314 valence electrons. The summed E-state index contributed by atoms with van der Waals surface area (Å²) in [5, 5.41) is 21.0. The first kappa shape index (κ1) is 39.7. The molecule has 0 unspecified atom stereocenters. The van der Waals surface area contributed by atoms with Gasteiger partial charge in [0.1, 0.15) is 23.6 Å². The molecule has 0 aliphatic carbocycles. The summed E-state index contributed by atoms with van der Waals surface area (Å²) in [6.45, 7) is 3.75. The molecule has 9 rings (SSSR count). The molecule has 1 atom stereocenters. The largest absolute Gasteiger partial charge is 0.507 e. The van der Waals surface area contributed by atoms with Crippen LogP contribution in [0.3, 0.4) is 0 Å². The molecule has 4 N–H and O–H groups in total. The van der Waals surface area contributed by atoms with Crippen LogP contribution in [0.2, 0.25) is 5.02 Å². The number of piperazine rings is 1. The summed E-state index contributed by atoms with van der Waals surface area (Å²) in [6.07, 6.45) is 1.18. The molecular formula is C43H42ClN9O8. The number of rotatable bonds is 8. The Hall–Kier alpha value is -6.75. The van der Waals surface area contributed by atoms with Crippen molar-refractivity contribution in [3.05, 3.63) is 88.4 Å². The van der Waals surface area contributed by atoms with Crippen molar-refractivity contribution in [3.63, 3.8) is 0 Å². The molecule has 6 amide bonds. The number of amides is 6. The van der Waals surface area contributed by atoms with Gasteiger partial charge in [-0.05, 0) is 73.9 Å². The van der Waals surface area contributed by atoms with Crippen molar-refractivity contribution in [2.45, 2.75) is 37.8 Å². The van der Waals surface area contributed by atoms with Crippen LogP contribution in [-0.4, -0.2) is 130 Å². The van der Waals surface area contributed by atoms with Gasteiger partial charge < -0.3 is 35.2 Å². The number of phenols is 1. The lowest BCUT2D eigenvalue weighted by molar-refractivity contribution is -0.138. The second-order valence-electron chi connectivity index (χ2n) is 15.9. The smallest absolute Gasteiger partial charge is 0.262 e. The van der Waals surface area contributed by atoms with E-state index >= 15 is 0 Å². The zero-order valence-corrected chi connectivity index (χ0v) is 33.7. The van der Waals surface area contributed by atoms with E-state index in [9.17, 15) is 33.9 Å². The molecule has 5 aliphatic rings. The minimum atomic E-state index is -1.03. The molecule has 4 aromatic rings. The number of benzene rings is 3. The number of nitrogen functional groups attached to an aromatic ring is 1. The number of carbonyl (C=O) groups is 6. The number of aromatic nitrogens is 2. The number of hydrogen-bond acceptors (Lipinski definition) is 13. The third kappa shape index (κ3) is 7.53. The van der Waals surface area contributed by atoms with Crippen molar-refractivity contribution >= 4 is 64.2 Å². The predicted octanol–water partition coefficient (Wildman–Crippen LogP) is 2.95. The molecule has 1 aromatic heterocycles. The van der Waals surface area contributed by atoms with Crippen LogP contribution in [0.15, 0.2) is 66.7 Å². The number of nitrogens with two attached hydrogens (primary N) is 1. The Morgan fingerprint density at radius 1 is 0.787 bits per heavy atom. The Bertz CT molecular complexity index is 2480. The van der Waals surface area contributed by atoms with E-state index in [1.54, 1.807) is 65.6 Å². The van der Waals surface area contributed by atoms with Crippen molar-refractivity contribution in [2.24, 2.45) is 5.92 Å². The summed E-state index contributed by atoms with van der Waals surface area (Å²) < 4.78 is 6.16. The minimum absolute atomic E-state index is 0.0502. The van der Waals surface area contributed by atoms with E-state index in [1.165, 1.54) is 0 Å². The number of fused-ring (bicyclic) bond motifs is 1. The SMILES string of the molecule is Nc1nnc(-c2ccccc2O)cc1N1CC(Oc2ccc(C(=O)N3CCN(C(=O)C4CCN(c5ccc6c(c5)C(=O)N([C@@H]5CCC(=O)NC5=O)C6=O)CC4)CC3)c(Cl)c2)C1. The molecule has 6 heterocycles. The normalized spacial score (nSPS) is 19.8. The maximum Gasteiger partial charge on any atom is 0.262 e. The van der Waals surface area contributed by atoms with Crippen LogP contribution in [0.25, 0.3) is 11.3 Å². The van der Waals surface area contributed by atoms with Gasteiger partial charge in [0.2, 0.25) is 17.7 Å². The van der Waals surface area contributed by atoms with Gasteiger partial charge in [0.15, 0.2) is 5.82 Å². The molecular weight excluding hydrogens is 806 g/mol. The summed E-state index contributed by atoms with van der Waals surface area (Å²) in [5.74, 6) is -1.65. The Morgan fingerprint density at radius 3 is 2.23 bits per heavy atom. The Balaban J connectivity index is 0.740. The third-order valence-electron chi connectivity index (χ3n) is 12.2. The first-order chi connectivity index (χ1) is 29.4. The van der Waals surface area contributed by atoms with Gasteiger partial charge >= 0.3 is 0 Å². The van der Waals surface area contributed by atoms with Gasteiger partial charge in [-0.1, -0.05) is 23.7 Å². The molecule has 0 radical (unpaired) electrons. The van der Waals surface area contributed by atoms with Crippen LogP contribution >= 0.6 is 11.6 Å². The molecule has 0 spiro atoms. The fraction of sp³-hybridized carbons (Fsp3) is 0.349. The van der Waals surface area contributed by atoms with Crippen molar-refractivity contribution in [3.8, 4) is 22.8 Å². The molecule has 0 bridgehead atoms. The maximum atomic E-state index is 13.6. The average Bonchev–Trinajstić information content (AvgIpc) is 3.50. The van der Waals surface area contributed by atoms with E-state index in [0.717, 1.165) is 10.6 Å². The van der Waals surface area contributed by atoms with Gasteiger partial charge in [0.05, 0.1) is 46.2 Å². The third-order valence-corrected chi connectivity index (χ3v) is 12.5. The van der Waals surface area contributed by atoms with Crippen molar-refractivity contribution in [2.75, 3.05) is 67.9 Å². The monoisotopic (exact) mass is 847 g/mol. The number of piperidine rings is 2. The van der Waals surface area contributed by atoms with E-state index in [4.69, 9.17) is 22.1 Å². The van der Waals surface area contributed by atoms with Crippen molar-refractivity contribution < 1.29 is 38.6 Å². The lowest BCUT2D eigenvalue weighted by Crippen LogP contribution is -2.54. The number of phenolic OH excluding ortho intramolecular Hbond substituents is 1. The zero-order chi connectivity index (χ0) is 42.5. The number of ether oxygens (including phenoxy) is 1. The Morgan fingerprint density at radius 2 is 1.51 bits per heavy atom. The van der Waals surface area contributed by atoms with Crippen LogP contribution in [0.1, 0.15) is 56.8 Å². The minimum Gasteiger partial charge on any atom is -0.507 e. The highest BCUT2D eigenvalue weighted by Crippen LogP contribution is 2.36. The standard InChI is InChI=1S/C43H42ClN9O8/c44-32-20-26(61-27-22-52(23-27)35-21-33(47-48-38(35)45)30-3-1-2-4-36(30)54)6-8-29(32)41(58)51-17-15-50(16-18-51)40(57)24-11-13-49(14-12-24)25-5-7-28-31(19-25)43(60)53(42(28)59)34-9-10-37(55)46-39(34)56/h1-8,19-21,24,27,34,54H,9-18,22-23H2,(H2,45,48)(H,46,55,56)/t34-/m1/s1. The fourth-order valence-corrected chi connectivity index (χ4v) is 8.96. The summed E-state index contributed by atoms with van der Waals surface area (Å²) in [6, 6.07) is 17.7. The number of hydrogen-bond donors (Lipinski definition) is 3. The number of nitrogens with zero attached hydrogens (tertiary/aromatic N) is 7. The van der Waals surface area contributed by atoms with E-state index < -0.39 is 29.7 Å². The maximum absolute atomic E-state index is 13.6. The number of anilines is 3. The van der Waals surface area contributed by atoms with Crippen molar-refractivity contribution in [1.29, 1.82) is 0 Å². The number of para-hydroxylation sites is 1. The first-order valence-corrected chi connectivity index (χ1v) is 20.6. The van der Waals surface area contributed by atoms with Crippen LogP contribution in [0.5, 0.6) is 11.5 Å². The first-order valence-electron chi connectivity index (χ1n) is 20.2. The number of carbonyl (C=O) groups excluding carboxylic acids is 6. The van der Waals surface area contributed by atoms with Gasteiger partial charge in [0.25, 0.3) is 17.7 Å². The lowest BCUT2D eigenvalue weighted by Gasteiger charge is -2.41. The molecule has 61 heavy (non-hydrogen) atoms. The van der Waals surface area contributed by atoms with Gasteiger partial charge in [-0.3, -0.25) is 39.0 Å². The highest BCUT2D eigenvalue weighted by atomic mass is 35.5.